The second-order valence-corrected chi connectivity index (χ2v) is 6.43. The van der Waals surface area contributed by atoms with Crippen LogP contribution in [0.3, 0.4) is 0 Å². The van der Waals surface area contributed by atoms with E-state index in [1.807, 2.05) is 0 Å². The molecule has 0 aromatic heterocycles. The van der Waals surface area contributed by atoms with Crippen molar-refractivity contribution in [3.8, 4) is 5.75 Å². The van der Waals surface area contributed by atoms with E-state index < -0.39 is 39.0 Å². The minimum absolute atomic E-state index is 0.0105. The third kappa shape index (κ3) is 5.38. The van der Waals surface area contributed by atoms with Gasteiger partial charge in [0.1, 0.15) is 6.61 Å². The predicted molar refractivity (Wildman–Crippen MR) is 108 cm³/mol. The molecular formula is C21H16FN3O6. The SMILES string of the molecule is O=C(NC(COc1ccccc1F)c1ccccc1)c1cc([N+](=O)[O-])cc([N+](=O)[O-])c1. The number of hydrogen-bond acceptors (Lipinski definition) is 6. The highest BCUT2D eigenvalue weighted by molar-refractivity contribution is 5.95. The molecule has 0 saturated carbocycles. The van der Waals surface area contributed by atoms with Crippen LogP contribution < -0.4 is 10.1 Å². The highest BCUT2D eigenvalue weighted by Crippen LogP contribution is 2.24. The molecule has 3 rings (SSSR count). The number of carbonyl (C=O) groups is 1. The van der Waals surface area contributed by atoms with Gasteiger partial charge in [-0.15, -0.1) is 0 Å². The summed E-state index contributed by atoms with van der Waals surface area (Å²) >= 11 is 0. The molecule has 9 nitrogen and oxygen atoms in total. The van der Waals surface area contributed by atoms with Gasteiger partial charge in [-0.25, -0.2) is 4.39 Å². The van der Waals surface area contributed by atoms with E-state index in [-0.39, 0.29) is 17.9 Å². The van der Waals surface area contributed by atoms with Crippen LogP contribution in [0, 0.1) is 26.0 Å². The monoisotopic (exact) mass is 425 g/mol. The van der Waals surface area contributed by atoms with Crippen molar-refractivity contribution in [1.82, 2.24) is 5.32 Å². The smallest absolute Gasteiger partial charge is 0.277 e. The molecule has 31 heavy (non-hydrogen) atoms. The zero-order chi connectivity index (χ0) is 22.4. The van der Waals surface area contributed by atoms with Gasteiger partial charge < -0.3 is 10.1 Å². The molecule has 0 spiro atoms. The number of benzene rings is 3. The number of rotatable bonds is 8. The fraction of sp³-hybridized carbons (Fsp3) is 0.0952. The second kappa shape index (κ2) is 9.44. The van der Waals surface area contributed by atoms with Crippen molar-refractivity contribution < 1.29 is 23.8 Å². The summed E-state index contributed by atoms with van der Waals surface area (Å²) in [6.07, 6.45) is 0. The molecule has 158 valence electrons. The van der Waals surface area contributed by atoms with Crippen LogP contribution in [-0.2, 0) is 0 Å². The minimum atomic E-state index is -0.820. The molecule has 0 radical (unpaired) electrons. The molecule has 0 fully saturated rings. The molecule has 0 heterocycles. The maximum atomic E-state index is 13.9. The van der Waals surface area contributed by atoms with Crippen molar-refractivity contribution in [2.75, 3.05) is 6.61 Å². The predicted octanol–water partition coefficient (Wildman–Crippen LogP) is 4.19. The Hall–Kier alpha value is -4.34. The lowest BCUT2D eigenvalue weighted by atomic mass is 10.1. The van der Waals surface area contributed by atoms with Gasteiger partial charge in [0.2, 0.25) is 0 Å². The molecular weight excluding hydrogens is 409 g/mol. The van der Waals surface area contributed by atoms with Gasteiger partial charge in [0, 0.05) is 12.1 Å². The Morgan fingerprint density at radius 3 is 2.10 bits per heavy atom. The number of nitrogens with one attached hydrogen (secondary N) is 1. The van der Waals surface area contributed by atoms with Gasteiger partial charge in [0.25, 0.3) is 17.3 Å². The maximum absolute atomic E-state index is 13.9. The van der Waals surface area contributed by atoms with Crippen LogP contribution in [0.2, 0.25) is 0 Å². The first-order valence-corrected chi connectivity index (χ1v) is 9.02. The minimum Gasteiger partial charge on any atom is -0.488 e. The van der Waals surface area contributed by atoms with Crippen LogP contribution in [0.25, 0.3) is 0 Å². The molecule has 1 atom stereocenters. The first-order valence-electron chi connectivity index (χ1n) is 9.02. The summed E-state index contributed by atoms with van der Waals surface area (Å²) in [5.41, 5.74) is -0.795. The number of halogens is 1. The lowest BCUT2D eigenvalue weighted by Gasteiger charge is -2.20. The number of ether oxygens (including phenoxy) is 1. The standard InChI is InChI=1S/C21H16FN3O6/c22-18-8-4-5-9-20(18)31-13-19(14-6-2-1-3-7-14)23-21(26)15-10-16(24(27)28)12-17(11-15)25(29)30/h1-12,19H,13H2,(H,23,26). The van der Waals surface area contributed by atoms with Crippen molar-refractivity contribution >= 4 is 17.3 Å². The molecule has 0 bridgehead atoms. The van der Waals surface area contributed by atoms with Gasteiger partial charge in [-0.05, 0) is 17.7 Å². The van der Waals surface area contributed by atoms with E-state index >= 15 is 0 Å². The summed E-state index contributed by atoms with van der Waals surface area (Å²) in [5, 5.41) is 24.8. The largest absolute Gasteiger partial charge is 0.488 e. The molecule has 10 heteroatoms. The quantitative estimate of drug-likeness (QED) is 0.426. The molecule has 1 amide bonds. The zero-order valence-corrected chi connectivity index (χ0v) is 15.9. The third-order valence-corrected chi connectivity index (χ3v) is 4.34. The van der Waals surface area contributed by atoms with Crippen molar-refractivity contribution in [1.29, 1.82) is 0 Å². The summed E-state index contributed by atoms with van der Waals surface area (Å²) in [7, 11) is 0. The van der Waals surface area contributed by atoms with E-state index in [4.69, 9.17) is 4.74 Å². The van der Waals surface area contributed by atoms with Crippen molar-refractivity contribution in [2.45, 2.75) is 6.04 Å². The average molecular weight is 425 g/mol. The summed E-state index contributed by atoms with van der Waals surface area (Å²) in [4.78, 5) is 33.3. The number of nitro groups is 2. The van der Waals surface area contributed by atoms with E-state index in [1.165, 1.54) is 18.2 Å². The average Bonchev–Trinajstić information content (AvgIpc) is 2.77. The van der Waals surface area contributed by atoms with Crippen LogP contribution in [-0.4, -0.2) is 22.4 Å². The van der Waals surface area contributed by atoms with Crippen LogP contribution in [0.4, 0.5) is 15.8 Å². The number of nitro benzene ring substituents is 2. The van der Waals surface area contributed by atoms with Crippen molar-refractivity contribution in [3.63, 3.8) is 0 Å². The third-order valence-electron chi connectivity index (χ3n) is 4.34. The molecule has 1 unspecified atom stereocenters. The fourth-order valence-electron chi connectivity index (χ4n) is 2.82. The highest BCUT2D eigenvalue weighted by Gasteiger charge is 2.23. The Kier molecular flexibility index (Phi) is 6.51. The number of para-hydroxylation sites is 1. The van der Waals surface area contributed by atoms with Gasteiger partial charge in [0.05, 0.1) is 27.5 Å². The Morgan fingerprint density at radius 2 is 1.52 bits per heavy atom. The molecule has 3 aromatic carbocycles. The molecule has 3 aromatic rings. The normalized spacial score (nSPS) is 11.4. The molecule has 0 aliphatic carbocycles. The van der Waals surface area contributed by atoms with Crippen LogP contribution in [0.15, 0.2) is 72.8 Å². The fourth-order valence-corrected chi connectivity index (χ4v) is 2.82. The highest BCUT2D eigenvalue weighted by atomic mass is 19.1. The lowest BCUT2D eigenvalue weighted by Crippen LogP contribution is -2.32. The zero-order valence-electron chi connectivity index (χ0n) is 15.9. The molecule has 1 N–H and O–H groups in total. The Balaban J connectivity index is 1.87. The van der Waals surface area contributed by atoms with E-state index in [0.717, 1.165) is 18.2 Å². The molecule has 0 saturated heterocycles. The lowest BCUT2D eigenvalue weighted by molar-refractivity contribution is -0.394. The Morgan fingerprint density at radius 1 is 0.935 bits per heavy atom. The maximum Gasteiger partial charge on any atom is 0.277 e. The van der Waals surface area contributed by atoms with Gasteiger partial charge in [-0.1, -0.05) is 42.5 Å². The number of carbonyl (C=O) groups excluding carboxylic acids is 1. The second-order valence-electron chi connectivity index (χ2n) is 6.43. The summed E-state index contributed by atoms with van der Waals surface area (Å²) in [6, 6.07) is 16.3. The van der Waals surface area contributed by atoms with E-state index in [9.17, 15) is 29.4 Å². The summed E-state index contributed by atoms with van der Waals surface area (Å²) in [5.74, 6) is -1.36. The first kappa shape index (κ1) is 21.4. The van der Waals surface area contributed by atoms with Crippen molar-refractivity contribution in [2.24, 2.45) is 0 Å². The molecule has 0 aliphatic rings. The van der Waals surface area contributed by atoms with Crippen LogP contribution >= 0.6 is 0 Å². The van der Waals surface area contributed by atoms with Gasteiger partial charge in [-0.2, -0.15) is 0 Å². The first-order chi connectivity index (χ1) is 14.8. The summed E-state index contributed by atoms with van der Waals surface area (Å²) in [6.45, 7) is -0.145. The number of nitrogens with zero attached hydrogens (tertiary/aromatic N) is 2. The van der Waals surface area contributed by atoms with E-state index in [1.54, 1.807) is 36.4 Å². The van der Waals surface area contributed by atoms with E-state index in [0.29, 0.717) is 5.56 Å². The Bertz CT molecular complexity index is 1090. The number of amides is 1. The summed E-state index contributed by atoms with van der Waals surface area (Å²) < 4.78 is 19.4. The van der Waals surface area contributed by atoms with Gasteiger partial charge in [-0.3, -0.25) is 25.0 Å². The topological polar surface area (TPSA) is 125 Å². The van der Waals surface area contributed by atoms with Gasteiger partial charge >= 0.3 is 0 Å². The van der Waals surface area contributed by atoms with Crippen LogP contribution in [0.1, 0.15) is 22.0 Å². The number of non-ortho nitro benzene ring substituents is 2. The Labute approximate surface area is 175 Å². The number of hydrogen-bond donors (Lipinski definition) is 1. The van der Waals surface area contributed by atoms with E-state index in [2.05, 4.69) is 5.32 Å². The van der Waals surface area contributed by atoms with Gasteiger partial charge in [0.15, 0.2) is 11.6 Å². The van der Waals surface area contributed by atoms with Crippen molar-refractivity contribution in [3.05, 3.63) is 110 Å². The van der Waals surface area contributed by atoms with Crippen LogP contribution in [0.5, 0.6) is 5.75 Å². The molecule has 0 aliphatic heterocycles.